The van der Waals surface area contributed by atoms with Gasteiger partial charge in [-0.05, 0) is 49.6 Å². The number of aromatic nitrogens is 2. The second kappa shape index (κ2) is 8.54. The Morgan fingerprint density at radius 2 is 2.09 bits per heavy atom. The standard InChI is InChI=1S/C26H27N3O3/c1-18-16-28(17-27-18)23-10-9-19(15-25(23)31-2)14-20-6-5-12-29(26(20)30)22-11-13-32-24-8-4-3-7-21(22)24/h3-4,7-10,14-17,22H,5-6,11-13H2,1-2H3. The van der Waals surface area contributed by atoms with Crippen LogP contribution in [0.3, 0.4) is 0 Å². The second-order valence-electron chi connectivity index (χ2n) is 8.32. The van der Waals surface area contributed by atoms with Crippen molar-refractivity contribution < 1.29 is 14.3 Å². The van der Waals surface area contributed by atoms with Gasteiger partial charge in [-0.3, -0.25) is 4.79 Å². The number of methoxy groups -OCH3 is 1. The Labute approximate surface area is 188 Å². The number of carbonyl (C=O) groups is 1. The molecule has 32 heavy (non-hydrogen) atoms. The lowest BCUT2D eigenvalue weighted by molar-refractivity contribution is -0.131. The van der Waals surface area contributed by atoms with E-state index in [0.717, 1.165) is 65.4 Å². The Morgan fingerprint density at radius 3 is 2.91 bits per heavy atom. The molecule has 1 aromatic heterocycles. The van der Waals surface area contributed by atoms with Crippen LogP contribution in [0.5, 0.6) is 11.5 Å². The topological polar surface area (TPSA) is 56.6 Å². The molecule has 1 atom stereocenters. The number of ether oxygens (including phenoxy) is 2. The molecule has 6 nitrogen and oxygen atoms in total. The molecular weight excluding hydrogens is 402 g/mol. The molecule has 0 aliphatic carbocycles. The number of likely N-dealkylation sites (tertiary alicyclic amines) is 1. The lowest BCUT2D eigenvalue weighted by atomic mass is 9.94. The van der Waals surface area contributed by atoms with Crippen LogP contribution < -0.4 is 9.47 Å². The van der Waals surface area contributed by atoms with E-state index in [1.165, 1.54) is 0 Å². The van der Waals surface area contributed by atoms with Gasteiger partial charge in [0.1, 0.15) is 11.5 Å². The lowest BCUT2D eigenvalue weighted by Crippen LogP contribution is -2.41. The number of aryl methyl sites for hydroxylation is 1. The highest BCUT2D eigenvalue weighted by Gasteiger charge is 2.33. The Hall–Kier alpha value is -3.54. The normalized spacial score (nSPS) is 19.6. The average Bonchev–Trinajstić information content (AvgIpc) is 3.26. The number of hydrogen-bond donors (Lipinski definition) is 0. The van der Waals surface area contributed by atoms with Crippen molar-refractivity contribution in [1.82, 2.24) is 14.5 Å². The average molecular weight is 430 g/mol. The number of nitrogens with zero attached hydrogens (tertiary/aromatic N) is 3. The molecule has 3 aromatic rings. The van der Waals surface area contributed by atoms with Gasteiger partial charge in [-0.15, -0.1) is 0 Å². The lowest BCUT2D eigenvalue weighted by Gasteiger charge is -2.38. The van der Waals surface area contributed by atoms with Gasteiger partial charge >= 0.3 is 0 Å². The van der Waals surface area contributed by atoms with Gasteiger partial charge in [-0.2, -0.15) is 0 Å². The van der Waals surface area contributed by atoms with E-state index in [-0.39, 0.29) is 11.9 Å². The molecule has 0 bridgehead atoms. The predicted octanol–water partition coefficient (Wildman–Crippen LogP) is 4.72. The monoisotopic (exact) mass is 429 g/mol. The van der Waals surface area contributed by atoms with Gasteiger partial charge in [0.05, 0.1) is 37.5 Å². The van der Waals surface area contributed by atoms with Crippen molar-refractivity contribution in [2.75, 3.05) is 20.3 Å². The molecule has 0 radical (unpaired) electrons. The Kier molecular flexibility index (Phi) is 5.43. The maximum atomic E-state index is 13.5. The third-order valence-corrected chi connectivity index (χ3v) is 6.22. The zero-order valence-electron chi connectivity index (χ0n) is 18.5. The summed E-state index contributed by atoms with van der Waals surface area (Å²) in [5.41, 5.74) is 4.77. The van der Waals surface area contributed by atoms with E-state index in [4.69, 9.17) is 9.47 Å². The molecule has 1 unspecified atom stereocenters. The third kappa shape index (κ3) is 3.77. The van der Waals surface area contributed by atoms with Crippen LogP contribution in [0.15, 0.2) is 60.6 Å². The first-order chi connectivity index (χ1) is 15.6. The molecule has 5 rings (SSSR count). The van der Waals surface area contributed by atoms with Crippen LogP contribution in [-0.4, -0.2) is 40.6 Å². The van der Waals surface area contributed by atoms with Crippen LogP contribution >= 0.6 is 0 Å². The number of carbonyl (C=O) groups excluding carboxylic acids is 1. The summed E-state index contributed by atoms with van der Waals surface area (Å²) in [6.07, 6.45) is 8.31. The SMILES string of the molecule is COc1cc(C=C2CCCN(C3CCOc4ccccc43)C2=O)ccc1-n1cnc(C)c1. The van der Waals surface area contributed by atoms with E-state index >= 15 is 0 Å². The van der Waals surface area contributed by atoms with Crippen LogP contribution in [0, 0.1) is 6.92 Å². The molecule has 2 aromatic carbocycles. The zero-order chi connectivity index (χ0) is 22.1. The Bertz CT molecular complexity index is 1180. The summed E-state index contributed by atoms with van der Waals surface area (Å²) in [7, 11) is 1.66. The van der Waals surface area contributed by atoms with E-state index < -0.39 is 0 Å². The predicted molar refractivity (Wildman–Crippen MR) is 123 cm³/mol. The van der Waals surface area contributed by atoms with E-state index in [1.807, 2.05) is 65.1 Å². The summed E-state index contributed by atoms with van der Waals surface area (Å²) in [6, 6.07) is 14.1. The minimum atomic E-state index is 0.0672. The molecule has 1 fully saturated rings. The molecular formula is C26H27N3O3. The smallest absolute Gasteiger partial charge is 0.250 e. The number of rotatable bonds is 4. The highest BCUT2D eigenvalue weighted by Crippen LogP contribution is 2.38. The summed E-state index contributed by atoms with van der Waals surface area (Å²) in [6.45, 7) is 3.37. The number of piperidine rings is 1. The van der Waals surface area contributed by atoms with Gasteiger partial charge < -0.3 is 18.9 Å². The summed E-state index contributed by atoms with van der Waals surface area (Å²) >= 11 is 0. The highest BCUT2D eigenvalue weighted by molar-refractivity contribution is 5.99. The molecule has 3 heterocycles. The maximum absolute atomic E-state index is 13.5. The van der Waals surface area contributed by atoms with Crippen molar-refractivity contribution in [2.45, 2.75) is 32.2 Å². The summed E-state index contributed by atoms with van der Waals surface area (Å²) in [4.78, 5) is 19.8. The van der Waals surface area contributed by atoms with Gasteiger partial charge in [0.2, 0.25) is 5.91 Å². The minimum Gasteiger partial charge on any atom is -0.495 e. The summed E-state index contributed by atoms with van der Waals surface area (Å²) < 4.78 is 13.4. The number of amides is 1. The molecule has 164 valence electrons. The van der Waals surface area contributed by atoms with Gasteiger partial charge in [0.15, 0.2) is 0 Å². The summed E-state index contributed by atoms with van der Waals surface area (Å²) in [5.74, 6) is 1.75. The highest BCUT2D eigenvalue weighted by atomic mass is 16.5. The fraction of sp³-hybridized carbons (Fsp3) is 0.308. The van der Waals surface area contributed by atoms with E-state index in [9.17, 15) is 4.79 Å². The first-order valence-corrected chi connectivity index (χ1v) is 11.1. The van der Waals surface area contributed by atoms with Gasteiger partial charge in [-0.1, -0.05) is 24.3 Å². The van der Waals surface area contributed by atoms with Gasteiger partial charge in [-0.25, -0.2) is 4.98 Å². The largest absolute Gasteiger partial charge is 0.495 e. The quantitative estimate of drug-likeness (QED) is 0.563. The van der Waals surface area contributed by atoms with Crippen molar-refractivity contribution in [1.29, 1.82) is 0 Å². The Morgan fingerprint density at radius 1 is 1.22 bits per heavy atom. The first-order valence-electron chi connectivity index (χ1n) is 11.1. The maximum Gasteiger partial charge on any atom is 0.250 e. The molecule has 0 saturated carbocycles. The van der Waals surface area contributed by atoms with Crippen molar-refractivity contribution >= 4 is 12.0 Å². The third-order valence-electron chi connectivity index (χ3n) is 6.22. The number of benzene rings is 2. The number of para-hydroxylation sites is 1. The van der Waals surface area contributed by atoms with E-state index in [1.54, 1.807) is 13.4 Å². The van der Waals surface area contributed by atoms with Crippen molar-refractivity contribution in [3.8, 4) is 17.2 Å². The van der Waals surface area contributed by atoms with Crippen molar-refractivity contribution in [2.24, 2.45) is 0 Å². The van der Waals surface area contributed by atoms with Crippen LogP contribution in [0.25, 0.3) is 11.8 Å². The molecule has 0 spiro atoms. The van der Waals surface area contributed by atoms with Gasteiger partial charge in [0.25, 0.3) is 0 Å². The fourth-order valence-corrected chi connectivity index (χ4v) is 4.66. The Balaban J connectivity index is 1.43. The van der Waals surface area contributed by atoms with E-state index in [2.05, 4.69) is 11.1 Å². The van der Waals surface area contributed by atoms with Crippen molar-refractivity contribution in [3.63, 3.8) is 0 Å². The molecule has 6 heteroatoms. The zero-order valence-corrected chi connectivity index (χ0v) is 18.5. The second-order valence-corrected chi connectivity index (χ2v) is 8.32. The van der Waals surface area contributed by atoms with Crippen LogP contribution in [-0.2, 0) is 4.79 Å². The molecule has 0 N–H and O–H groups in total. The van der Waals surface area contributed by atoms with Crippen LogP contribution in [0.4, 0.5) is 0 Å². The minimum absolute atomic E-state index is 0.0672. The van der Waals surface area contributed by atoms with E-state index in [0.29, 0.717) is 6.61 Å². The number of fused-ring (bicyclic) bond motifs is 1. The molecule has 1 amide bonds. The van der Waals surface area contributed by atoms with Crippen molar-refractivity contribution in [3.05, 3.63) is 77.4 Å². The number of imidazole rings is 1. The number of hydrogen-bond acceptors (Lipinski definition) is 4. The first kappa shape index (κ1) is 20.4. The molecule has 2 aliphatic rings. The fourth-order valence-electron chi connectivity index (χ4n) is 4.66. The summed E-state index contributed by atoms with van der Waals surface area (Å²) in [5, 5.41) is 0. The molecule has 2 aliphatic heterocycles. The van der Waals surface area contributed by atoms with Crippen LogP contribution in [0.1, 0.15) is 42.1 Å². The molecule has 1 saturated heterocycles. The van der Waals surface area contributed by atoms with Gasteiger partial charge in [0, 0.05) is 30.3 Å². The van der Waals surface area contributed by atoms with Crippen LogP contribution in [0.2, 0.25) is 0 Å².